The van der Waals surface area contributed by atoms with Crippen LogP contribution in [0.3, 0.4) is 0 Å². The number of fused-ring (bicyclic) bond motifs is 1. The number of likely N-dealkylation sites (N-methyl/N-ethyl adjacent to an activating group) is 1. The van der Waals surface area contributed by atoms with Gasteiger partial charge in [-0.25, -0.2) is 23.8 Å². The molecule has 14 nitrogen and oxygen atoms in total. The maximum Gasteiger partial charge on any atom is 0.412 e. The molecule has 2 heterocycles. The molecule has 5 amide bonds. The van der Waals surface area contributed by atoms with Gasteiger partial charge in [0.05, 0.1) is 24.4 Å². The summed E-state index contributed by atoms with van der Waals surface area (Å²) in [6.45, 7) is 4.37. The van der Waals surface area contributed by atoms with Crippen LogP contribution in [0.25, 0.3) is 10.9 Å². The van der Waals surface area contributed by atoms with Crippen molar-refractivity contribution in [2.24, 2.45) is 0 Å². The van der Waals surface area contributed by atoms with E-state index in [0.29, 0.717) is 33.9 Å². The number of benzene rings is 1. The normalized spacial score (nSPS) is 12.4. The smallest absolute Gasteiger partial charge is 0.412 e. The van der Waals surface area contributed by atoms with Crippen molar-refractivity contribution in [3.63, 3.8) is 0 Å². The number of aromatic nitrogens is 2. The van der Waals surface area contributed by atoms with Crippen molar-refractivity contribution in [3.8, 4) is 0 Å². The van der Waals surface area contributed by atoms with E-state index in [0.717, 1.165) is 5.39 Å². The van der Waals surface area contributed by atoms with Gasteiger partial charge in [0, 0.05) is 41.7 Å². The average molecular weight is 782 g/mol. The number of carbonyl (C=O) groups excluding carboxylic acids is 4. The van der Waals surface area contributed by atoms with Gasteiger partial charge >= 0.3 is 18.2 Å². The van der Waals surface area contributed by atoms with Gasteiger partial charge in [0.15, 0.2) is 0 Å². The first-order valence-corrected chi connectivity index (χ1v) is 16.7. The Bertz CT molecular complexity index is 1570. The average Bonchev–Trinajstić information content (AvgIpc) is 3.04. The fraction of sp³-hybridized carbons (Fsp3) is 0.438. The zero-order chi connectivity index (χ0) is 35.3. The van der Waals surface area contributed by atoms with Crippen LogP contribution in [0.4, 0.5) is 24.6 Å². The maximum absolute atomic E-state index is 14.2. The highest BCUT2D eigenvalue weighted by Gasteiger charge is 2.25. The van der Waals surface area contributed by atoms with Gasteiger partial charge in [-0.05, 0) is 57.4 Å². The van der Waals surface area contributed by atoms with Crippen molar-refractivity contribution in [3.05, 3.63) is 65.7 Å². The molecule has 0 saturated carbocycles. The number of hydrogen-bond donors (Lipinski definition) is 5. The molecule has 16 heteroatoms. The molecule has 2 atom stereocenters. The third-order valence-corrected chi connectivity index (χ3v) is 7.74. The first-order valence-electron chi connectivity index (χ1n) is 15.2. The third-order valence-electron chi connectivity index (χ3n) is 6.98. The zero-order valence-electron chi connectivity index (χ0n) is 27.2. The van der Waals surface area contributed by atoms with E-state index < -0.39 is 48.4 Å². The van der Waals surface area contributed by atoms with Gasteiger partial charge in [-0.2, -0.15) is 0 Å². The molecule has 3 rings (SSSR count). The summed E-state index contributed by atoms with van der Waals surface area (Å²) in [4.78, 5) is 60.3. The van der Waals surface area contributed by atoms with Crippen LogP contribution in [0.5, 0.6) is 0 Å². The van der Waals surface area contributed by atoms with Crippen molar-refractivity contribution < 1.29 is 38.1 Å². The highest BCUT2D eigenvalue weighted by atomic mass is 127. The Kier molecular flexibility index (Phi) is 14.5. The second kappa shape index (κ2) is 18.3. The van der Waals surface area contributed by atoms with Gasteiger partial charge in [0.2, 0.25) is 5.91 Å². The monoisotopic (exact) mass is 781 g/mol. The molecule has 0 radical (unpaired) electrons. The Labute approximate surface area is 291 Å². The van der Waals surface area contributed by atoms with Crippen LogP contribution in [0.2, 0.25) is 0 Å². The number of halogens is 2. The molecule has 3 aromatic rings. The fourth-order valence-electron chi connectivity index (χ4n) is 4.44. The Hall–Kier alpha value is -4.32. The number of alkyl carbamates (subject to hydrolysis) is 1. The number of pyridine rings is 2. The van der Waals surface area contributed by atoms with E-state index in [9.17, 15) is 28.7 Å². The molecule has 2 aromatic heterocycles. The van der Waals surface area contributed by atoms with Crippen LogP contribution in [-0.4, -0.2) is 88.6 Å². The van der Waals surface area contributed by atoms with Crippen molar-refractivity contribution in [1.82, 2.24) is 30.8 Å². The predicted octanol–water partition coefficient (Wildman–Crippen LogP) is 4.24. The number of aliphatic hydroxyl groups is 1. The molecule has 260 valence electrons. The second-order valence-electron chi connectivity index (χ2n) is 11.7. The van der Waals surface area contributed by atoms with Crippen molar-refractivity contribution in [1.29, 1.82) is 0 Å². The van der Waals surface area contributed by atoms with Gasteiger partial charge < -0.3 is 35.4 Å². The molecule has 0 spiro atoms. The summed E-state index contributed by atoms with van der Waals surface area (Å²) in [5.74, 6) is -0.725. The Morgan fingerprint density at radius 3 is 2.56 bits per heavy atom. The lowest BCUT2D eigenvalue weighted by molar-refractivity contribution is -0.124. The third kappa shape index (κ3) is 12.0. The molecular weight excluding hydrogens is 740 g/mol. The van der Waals surface area contributed by atoms with E-state index in [1.165, 1.54) is 24.2 Å². The standard InChI is InChI=1S/C32H41FIN7O7/c1-32(2,3)48-31(46)39-26(18-42)28(43)36-13-7-10-22(41(4)29(44)38-16-21-8-5-11-24(33)23(21)15-34)19-47-30(45)40-27-14-20-9-6-12-35-25(20)17-37-27/h5-6,8-9,11-12,14,17,22,26,42H,7,10,13,15-16,18-19H2,1-4H3,(H,36,43)(H,38,44)(H,39,46)(H,37,40,45)/t22-,26+/m0/s1. The first-order chi connectivity index (χ1) is 22.8. The van der Waals surface area contributed by atoms with E-state index in [4.69, 9.17) is 9.47 Å². The van der Waals surface area contributed by atoms with Crippen LogP contribution in [0, 0.1) is 5.82 Å². The second-order valence-corrected chi connectivity index (χ2v) is 12.5. The number of nitrogens with one attached hydrogen (secondary N) is 4. The molecule has 0 aliphatic carbocycles. The van der Waals surface area contributed by atoms with Crippen molar-refractivity contribution >= 4 is 63.4 Å². The Morgan fingerprint density at radius 1 is 1.08 bits per heavy atom. The van der Waals surface area contributed by atoms with E-state index in [-0.39, 0.29) is 31.3 Å². The van der Waals surface area contributed by atoms with Crippen molar-refractivity contribution in [2.45, 2.75) is 62.3 Å². The summed E-state index contributed by atoms with van der Waals surface area (Å²) in [5.41, 5.74) is 1.00. The largest absolute Gasteiger partial charge is 0.447 e. The minimum absolute atomic E-state index is 0.0824. The number of nitrogens with zero attached hydrogens (tertiary/aromatic N) is 3. The van der Waals surface area contributed by atoms with Gasteiger partial charge in [-0.3, -0.25) is 15.1 Å². The number of aliphatic hydroxyl groups excluding tert-OH is 1. The number of hydrogen-bond acceptors (Lipinski definition) is 9. The van der Waals surface area contributed by atoms with Crippen LogP contribution in [0.15, 0.2) is 48.8 Å². The number of alkyl halides is 1. The van der Waals surface area contributed by atoms with Gasteiger partial charge in [-0.1, -0.05) is 40.8 Å². The Morgan fingerprint density at radius 2 is 1.85 bits per heavy atom. The van der Waals surface area contributed by atoms with E-state index in [1.54, 1.807) is 51.2 Å². The number of ether oxygens (including phenoxy) is 2. The number of carbonyl (C=O) groups is 4. The van der Waals surface area contributed by atoms with Crippen LogP contribution in [0.1, 0.15) is 44.7 Å². The van der Waals surface area contributed by atoms with Crippen LogP contribution in [-0.2, 0) is 25.2 Å². The quantitative estimate of drug-likeness (QED) is 0.0907. The number of amides is 5. The lowest BCUT2D eigenvalue weighted by Crippen LogP contribution is -2.50. The lowest BCUT2D eigenvalue weighted by atomic mass is 10.1. The highest BCUT2D eigenvalue weighted by Crippen LogP contribution is 2.18. The number of anilines is 1. The summed E-state index contributed by atoms with van der Waals surface area (Å²) < 4.78 is 25.3. The lowest BCUT2D eigenvalue weighted by Gasteiger charge is -2.28. The first kappa shape index (κ1) is 38.1. The van der Waals surface area contributed by atoms with E-state index in [2.05, 4.69) is 53.8 Å². The molecule has 48 heavy (non-hydrogen) atoms. The molecule has 0 saturated heterocycles. The molecule has 0 aliphatic heterocycles. The molecule has 1 aromatic carbocycles. The van der Waals surface area contributed by atoms with Gasteiger partial charge in [0.25, 0.3) is 0 Å². The zero-order valence-corrected chi connectivity index (χ0v) is 29.4. The number of urea groups is 1. The maximum atomic E-state index is 14.2. The molecular formula is C32H41FIN7O7. The molecule has 0 aliphatic rings. The minimum Gasteiger partial charge on any atom is -0.447 e. The molecule has 5 N–H and O–H groups in total. The predicted molar refractivity (Wildman–Crippen MR) is 185 cm³/mol. The highest BCUT2D eigenvalue weighted by molar-refractivity contribution is 14.1. The summed E-state index contributed by atoms with van der Waals surface area (Å²) in [7, 11) is 1.54. The summed E-state index contributed by atoms with van der Waals surface area (Å²) in [5, 5.41) is 20.7. The molecule has 0 unspecified atom stereocenters. The summed E-state index contributed by atoms with van der Waals surface area (Å²) >= 11 is 2.06. The fourth-order valence-corrected chi connectivity index (χ4v) is 5.30. The summed E-state index contributed by atoms with van der Waals surface area (Å²) in [6, 6.07) is 7.56. The van der Waals surface area contributed by atoms with E-state index in [1.807, 2.05) is 6.07 Å². The van der Waals surface area contributed by atoms with Gasteiger partial charge in [-0.15, -0.1) is 0 Å². The van der Waals surface area contributed by atoms with E-state index >= 15 is 0 Å². The number of rotatable bonds is 14. The SMILES string of the molecule is CN(C(=O)NCc1cccc(F)c1CI)[C@@H](CCCNC(=O)[C@@H](CO)NC(=O)OC(C)(C)C)COC(=O)Nc1cc2cccnc2cn1. The topological polar surface area (TPSA) is 184 Å². The summed E-state index contributed by atoms with van der Waals surface area (Å²) in [6.07, 6.45) is 2.15. The van der Waals surface area contributed by atoms with Crippen LogP contribution < -0.4 is 21.3 Å². The van der Waals surface area contributed by atoms with Crippen molar-refractivity contribution in [2.75, 3.05) is 32.1 Å². The molecule has 0 bridgehead atoms. The minimum atomic E-state index is -1.23. The Balaban J connectivity index is 1.61. The van der Waals surface area contributed by atoms with Gasteiger partial charge in [0.1, 0.15) is 29.9 Å². The van der Waals surface area contributed by atoms with Crippen LogP contribution >= 0.6 is 22.6 Å². The molecule has 0 fully saturated rings.